The standard InChI is InChI=1S/C20H18ClN3O/c21-16-8-4-5-14(11-16)12-24-10-9-17-18(13-24)22-19(23-20(17)25)15-6-2-1-3-7-15/h1-8,11H,9-10,12-13H2,(H,22,23,25). The molecule has 0 unspecified atom stereocenters. The van der Waals surface area contributed by atoms with E-state index in [4.69, 9.17) is 16.6 Å². The maximum Gasteiger partial charge on any atom is 0.254 e. The topological polar surface area (TPSA) is 49.0 Å². The Morgan fingerprint density at radius 1 is 1.12 bits per heavy atom. The van der Waals surface area contributed by atoms with Gasteiger partial charge in [0, 0.05) is 35.8 Å². The van der Waals surface area contributed by atoms with Crippen LogP contribution in [0, 0.1) is 0 Å². The van der Waals surface area contributed by atoms with Crippen molar-refractivity contribution in [1.29, 1.82) is 0 Å². The third kappa shape index (κ3) is 3.50. The number of benzene rings is 2. The van der Waals surface area contributed by atoms with Gasteiger partial charge in [0.1, 0.15) is 5.82 Å². The van der Waals surface area contributed by atoms with Gasteiger partial charge in [0.25, 0.3) is 5.56 Å². The Morgan fingerprint density at radius 2 is 1.96 bits per heavy atom. The summed E-state index contributed by atoms with van der Waals surface area (Å²) in [5.74, 6) is 0.633. The Labute approximate surface area is 151 Å². The average molecular weight is 352 g/mol. The second-order valence-electron chi connectivity index (χ2n) is 6.30. The SMILES string of the molecule is O=c1[nH]c(-c2ccccc2)nc2c1CCN(Cc1cccc(Cl)c1)C2. The first-order valence-corrected chi connectivity index (χ1v) is 8.71. The molecule has 0 saturated heterocycles. The van der Waals surface area contributed by atoms with E-state index in [-0.39, 0.29) is 5.56 Å². The molecule has 3 aromatic rings. The molecular formula is C20H18ClN3O. The van der Waals surface area contributed by atoms with Crippen LogP contribution in [0.25, 0.3) is 11.4 Å². The van der Waals surface area contributed by atoms with E-state index in [1.54, 1.807) is 0 Å². The molecule has 0 amide bonds. The molecule has 126 valence electrons. The average Bonchev–Trinajstić information content (AvgIpc) is 2.62. The van der Waals surface area contributed by atoms with Crippen molar-refractivity contribution < 1.29 is 0 Å². The second kappa shape index (κ2) is 6.82. The van der Waals surface area contributed by atoms with Gasteiger partial charge in [0.15, 0.2) is 0 Å². The summed E-state index contributed by atoms with van der Waals surface area (Å²) in [6.07, 6.45) is 0.716. The first-order chi connectivity index (χ1) is 12.2. The summed E-state index contributed by atoms with van der Waals surface area (Å²) in [5, 5.41) is 0.746. The molecule has 0 bridgehead atoms. The van der Waals surface area contributed by atoms with E-state index >= 15 is 0 Å². The van der Waals surface area contributed by atoms with Crippen LogP contribution in [0.2, 0.25) is 5.02 Å². The van der Waals surface area contributed by atoms with Gasteiger partial charge in [-0.1, -0.05) is 54.1 Å². The number of halogens is 1. The number of nitrogens with zero attached hydrogens (tertiary/aromatic N) is 2. The zero-order valence-electron chi connectivity index (χ0n) is 13.7. The molecule has 1 aliphatic heterocycles. The Balaban J connectivity index is 1.61. The van der Waals surface area contributed by atoms with Crippen molar-refractivity contribution in [3.8, 4) is 11.4 Å². The van der Waals surface area contributed by atoms with Crippen molar-refractivity contribution >= 4 is 11.6 Å². The van der Waals surface area contributed by atoms with Gasteiger partial charge in [0.2, 0.25) is 0 Å². The lowest BCUT2D eigenvalue weighted by atomic mass is 10.0. The molecule has 0 aliphatic carbocycles. The van der Waals surface area contributed by atoms with Crippen molar-refractivity contribution in [2.24, 2.45) is 0 Å². The van der Waals surface area contributed by atoms with E-state index in [0.717, 1.165) is 34.9 Å². The predicted molar refractivity (Wildman–Crippen MR) is 99.6 cm³/mol. The molecule has 1 N–H and O–H groups in total. The molecule has 0 spiro atoms. The first-order valence-electron chi connectivity index (χ1n) is 8.33. The minimum Gasteiger partial charge on any atom is -0.306 e. The second-order valence-corrected chi connectivity index (χ2v) is 6.73. The third-order valence-corrected chi connectivity index (χ3v) is 4.73. The molecule has 0 radical (unpaired) electrons. The van der Waals surface area contributed by atoms with E-state index < -0.39 is 0 Å². The smallest absolute Gasteiger partial charge is 0.254 e. The Hall–Kier alpha value is -2.43. The number of aromatic amines is 1. The molecule has 0 atom stereocenters. The summed E-state index contributed by atoms with van der Waals surface area (Å²) in [6.45, 7) is 2.32. The number of nitrogens with one attached hydrogen (secondary N) is 1. The Bertz CT molecular complexity index is 953. The monoisotopic (exact) mass is 351 g/mol. The van der Waals surface area contributed by atoms with E-state index in [1.165, 1.54) is 5.56 Å². The molecule has 25 heavy (non-hydrogen) atoms. The lowest BCUT2D eigenvalue weighted by molar-refractivity contribution is 0.240. The number of fused-ring (bicyclic) bond motifs is 1. The van der Waals surface area contributed by atoms with Gasteiger partial charge in [-0.3, -0.25) is 9.69 Å². The zero-order chi connectivity index (χ0) is 17.2. The normalized spacial score (nSPS) is 14.3. The van der Waals surface area contributed by atoms with Crippen LogP contribution in [-0.4, -0.2) is 21.4 Å². The fourth-order valence-electron chi connectivity index (χ4n) is 3.26. The quantitative estimate of drug-likeness (QED) is 0.783. The number of H-pyrrole nitrogens is 1. The predicted octanol–water partition coefficient (Wildman–Crippen LogP) is 3.65. The number of hydrogen-bond acceptors (Lipinski definition) is 3. The van der Waals surface area contributed by atoms with Crippen LogP contribution in [0.5, 0.6) is 0 Å². The van der Waals surface area contributed by atoms with Crippen molar-refractivity contribution in [2.45, 2.75) is 19.5 Å². The van der Waals surface area contributed by atoms with Crippen LogP contribution in [0.3, 0.4) is 0 Å². The molecule has 0 fully saturated rings. The van der Waals surface area contributed by atoms with Crippen molar-refractivity contribution in [2.75, 3.05) is 6.54 Å². The van der Waals surface area contributed by atoms with E-state index in [2.05, 4.69) is 16.0 Å². The van der Waals surface area contributed by atoms with Gasteiger partial charge in [-0.05, 0) is 24.1 Å². The summed E-state index contributed by atoms with van der Waals surface area (Å²) in [4.78, 5) is 22.4. The molecule has 1 aliphatic rings. The first kappa shape index (κ1) is 16.1. The number of aromatic nitrogens is 2. The van der Waals surface area contributed by atoms with Gasteiger partial charge in [-0.25, -0.2) is 4.98 Å². The molecule has 2 heterocycles. The van der Waals surface area contributed by atoms with Crippen LogP contribution in [-0.2, 0) is 19.5 Å². The fraction of sp³-hybridized carbons (Fsp3) is 0.200. The zero-order valence-corrected chi connectivity index (χ0v) is 14.5. The van der Waals surface area contributed by atoms with E-state index in [0.29, 0.717) is 18.8 Å². The Morgan fingerprint density at radius 3 is 2.76 bits per heavy atom. The minimum atomic E-state index is -0.0220. The molecule has 4 nitrogen and oxygen atoms in total. The maximum absolute atomic E-state index is 12.4. The number of hydrogen-bond donors (Lipinski definition) is 1. The van der Waals surface area contributed by atoms with Crippen LogP contribution in [0.1, 0.15) is 16.8 Å². The van der Waals surface area contributed by atoms with Crippen LogP contribution in [0.15, 0.2) is 59.4 Å². The highest BCUT2D eigenvalue weighted by molar-refractivity contribution is 6.30. The van der Waals surface area contributed by atoms with Gasteiger partial charge < -0.3 is 4.98 Å². The number of rotatable bonds is 3. The van der Waals surface area contributed by atoms with Crippen LogP contribution < -0.4 is 5.56 Å². The molecular weight excluding hydrogens is 334 g/mol. The summed E-state index contributed by atoms with van der Waals surface area (Å²) in [7, 11) is 0. The summed E-state index contributed by atoms with van der Waals surface area (Å²) in [6, 6.07) is 17.6. The maximum atomic E-state index is 12.4. The summed E-state index contributed by atoms with van der Waals surface area (Å²) < 4.78 is 0. The highest BCUT2D eigenvalue weighted by Crippen LogP contribution is 2.20. The molecule has 4 rings (SSSR count). The van der Waals surface area contributed by atoms with Crippen molar-refractivity contribution in [3.63, 3.8) is 0 Å². The van der Waals surface area contributed by atoms with E-state index in [9.17, 15) is 4.79 Å². The van der Waals surface area contributed by atoms with Gasteiger partial charge in [-0.15, -0.1) is 0 Å². The molecule has 2 aromatic carbocycles. The van der Waals surface area contributed by atoms with Crippen molar-refractivity contribution in [1.82, 2.24) is 14.9 Å². The molecule has 0 saturated carbocycles. The summed E-state index contributed by atoms with van der Waals surface area (Å²) in [5.41, 5.74) is 3.75. The highest BCUT2D eigenvalue weighted by atomic mass is 35.5. The van der Waals surface area contributed by atoms with Crippen molar-refractivity contribution in [3.05, 3.63) is 86.8 Å². The molecule has 5 heteroatoms. The highest BCUT2D eigenvalue weighted by Gasteiger charge is 2.21. The third-order valence-electron chi connectivity index (χ3n) is 4.49. The van der Waals surface area contributed by atoms with Gasteiger partial charge in [-0.2, -0.15) is 0 Å². The minimum absolute atomic E-state index is 0.0220. The van der Waals surface area contributed by atoms with E-state index in [1.807, 2.05) is 48.5 Å². The molecule has 1 aromatic heterocycles. The Kier molecular flexibility index (Phi) is 4.38. The van der Waals surface area contributed by atoms with Crippen LogP contribution >= 0.6 is 11.6 Å². The van der Waals surface area contributed by atoms with Crippen LogP contribution in [0.4, 0.5) is 0 Å². The largest absolute Gasteiger partial charge is 0.306 e. The van der Waals surface area contributed by atoms with Gasteiger partial charge >= 0.3 is 0 Å². The summed E-state index contributed by atoms with van der Waals surface area (Å²) >= 11 is 6.08. The van der Waals surface area contributed by atoms with Gasteiger partial charge in [0.05, 0.1) is 5.69 Å². The fourth-order valence-corrected chi connectivity index (χ4v) is 3.47. The lowest BCUT2D eigenvalue weighted by Crippen LogP contribution is -2.35. The lowest BCUT2D eigenvalue weighted by Gasteiger charge is -2.27.